The molecule has 0 spiro atoms. The molecule has 38 heavy (non-hydrogen) atoms. The maximum atomic E-state index is 13.5. The number of aliphatic hydroxyl groups excluding tert-OH is 2. The molecular weight excluding hydrogens is 509 g/mol. The fourth-order valence-corrected chi connectivity index (χ4v) is 6.36. The van der Waals surface area contributed by atoms with Crippen molar-refractivity contribution in [1.29, 1.82) is 0 Å². The van der Waals surface area contributed by atoms with E-state index in [4.69, 9.17) is 21.1 Å². The van der Waals surface area contributed by atoms with Gasteiger partial charge < -0.3 is 19.7 Å². The maximum absolute atomic E-state index is 13.5. The van der Waals surface area contributed by atoms with Crippen LogP contribution in [0, 0.1) is 19.7 Å². The molecule has 0 aromatic heterocycles. The van der Waals surface area contributed by atoms with Gasteiger partial charge in [0.1, 0.15) is 36.5 Å². The number of ether oxygens (including phenoxy) is 2. The lowest BCUT2D eigenvalue weighted by Gasteiger charge is -2.56. The molecule has 7 nitrogen and oxygen atoms in total. The Labute approximate surface area is 229 Å². The van der Waals surface area contributed by atoms with Gasteiger partial charge in [0.15, 0.2) is 0 Å². The van der Waals surface area contributed by atoms with E-state index in [1.807, 2.05) is 4.90 Å². The zero-order valence-corrected chi connectivity index (χ0v) is 23.0. The maximum Gasteiger partial charge on any atom is 0.216 e. The van der Waals surface area contributed by atoms with Crippen molar-refractivity contribution in [1.82, 2.24) is 10.2 Å². The summed E-state index contributed by atoms with van der Waals surface area (Å²) in [5.41, 5.74) is 4.26. The van der Waals surface area contributed by atoms with E-state index in [9.17, 15) is 14.6 Å². The number of rotatable bonds is 9. The van der Waals surface area contributed by atoms with E-state index >= 15 is 0 Å². The van der Waals surface area contributed by atoms with Crippen molar-refractivity contribution in [2.75, 3.05) is 32.8 Å². The van der Waals surface area contributed by atoms with Gasteiger partial charge >= 0.3 is 0 Å². The number of hydrogen-bond donors (Lipinski definition) is 3. The fraction of sp³-hybridized carbons (Fsp3) is 0.517. The summed E-state index contributed by atoms with van der Waals surface area (Å²) in [5, 5.41) is 23.7. The van der Waals surface area contributed by atoms with Gasteiger partial charge in [-0.1, -0.05) is 17.7 Å². The summed E-state index contributed by atoms with van der Waals surface area (Å²) in [6.07, 6.45) is 4.76. The van der Waals surface area contributed by atoms with Crippen LogP contribution in [0.4, 0.5) is 4.39 Å². The second kappa shape index (κ2) is 11.2. The molecule has 206 valence electrons. The number of hydrogen-bond acceptors (Lipinski definition) is 6. The molecule has 9 heteroatoms. The zero-order chi connectivity index (χ0) is 27.0. The van der Waals surface area contributed by atoms with Crippen LogP contribution in [0.15, 0.2) is 42.6 Å². The molecule has 0 amide bonds. The average molecular weight is 547 g/mol. The minimum absolute atomic E-state index is 0.00751. The van der Waals surface area contributed by atoms with Crippen molar-refractivity contribution < 1.29 is 28.6 Å². The smallest absolute Gasteiger partial charge is 0.216 e. The largest absolute Gasteiger partial charge is 0.492 e. The Morgan fingerprint density at radius 3 is 2.74 bits per heavy atom. The number of benzene rings is 2. The molecule has 3 N–H and O–H groups in total. The number of quaternary nitrogens is 1. The van der Waals surface area contributed by atoms with E-state index < -0.39 is 18.5 Å². The quantitative estimate of drug-likeness (QED) is 0.322. The first-order chi connectivity index (χ1) is 18.2. The summed E-state index contributed by atoms with van der Waals surface area (Å²) in [6.45, 7) is 10.0. The Kier molecular flexibility index (Phi) is 8.12. The number of fused-ring (bicyclic) bond motifs is 1. The van der Waals surface area contributed by atoms with Gasteiger partial charge in [0, 0.05) is 37.5 Å². The summed E-state index contributed by atoms with van der Waals surface area (Å²) >= 11 is 5.90. The summed E-state index contributed by atoms with van der Waals surface area (Å²) in [6, 6.07) is 9.34. The van der Waals surface area contributed by atoms with Crippen LogP contribution in [0.3, 0.4) is 0 Å². The fourth-order valence-electron chi connectivity index (χ4n) is 6.17. The van der Waals surface area contributed by atoms with E-state index in [-0.39, 0.29) is 17.1 Å². The minimum atomic E-state index is -0.918. The number of aliphatic hydroxyl groups is 2. The van der Waals surface area contributed by atoms with Crippen molar-refractivity contribution in [3.05, 3.63) is 75.7 Å². The molecule has 0 saturated carbocycles. The molecule has 5 rings (SSSR count). The molecule has 0 radical (unpaired) electrons. The highest BCUT2D eigenvalue weighted by molar-refractivity contribution is 6.30. The van der Waals surface area contributed by atoms with Gasteiger partial charge in [-0.3, -0.25) is 9.80 Å². The van der Waals surface area contributed by atoms with Gasteiger partial charge in [-0.25, -0.2) is 9.29 Å². The van der Waals surface area contributed by atoms with Crippen LogP contribution >= 0.6 is 11.6 Å². The van der Waals surface area contributed by atoms with Gasteiger partial charge in [0.2, 0.25) is 6.41 Å². The molecular formula is C29H38ClFN3O4+. The molecule has 0 aliphatic carbocycles. The molecule has 3 aliphatic heterocycles. The van der Waals surface area contributed by atoms with E-state index in [1.54, 1.807) is 6.07 Å². The highest BCUT2D eigenvalue weighted by Crippen LogP contribution is 2.46. The second-order valence-electron chi connectivity index (χ2n) is 10.7. The molecule has 2 fully saturated rings. The van der Waals surface area contributed by atoms with Crippen molar-refractivity contribution in [2.45, 2.75) is 64.4 Å². The highest BCUT2D eigenvalue weighted by atomic mass is 35.5. The number of nitrogens with zero attached hydrogens (tertiary/aromatic N) is 2. The van der Waals surface area contributed by atoms with Crippen molar-refractivity contribution in [3.8, 4) is 5.75 Å². The predicted molar refractivity (Wildman–Crippen MR) is 144 cm³/mol. The number of nitrogens with one attached hydrogen (secondary N) is 1. The van der Waals surface area contributed by atoms with Crippen molar-refractivity contribution in [2.24, 2.45) is 0 Å². The van der Waals surface area contributed by atoms with Gasteiger partial charge in [0.05, 0.1) is 24.4 Å². The SMILES string of the molecule is Cc1c(OCCN2CCO[C@@H]2O)ccc(C(C)[N+]23C=C[C@H](NC(O)c4ccc(F)c(Cl)c4)CC2CC3)c1C. The predicted octanol–water partition coefficient (Wildman–Crippen LogP) is 4.30. The van der Waals surface area contributed by atoms with Crippen LogP contribution in [0.1, 0.15) is 54.3 Å². The minimum Gasteiger partial charge on any atom is -0.492 e. The summed E-state index contributed by atoms with van der Waals surface area (Å²) in [4.78, 5) is 1.86. The van der Waals surface area contributed by atoms with Gasteiger partial charge in [-0.2, -0.15) is 0 Å². The normalized spacial score (nSPS) is 28.6. The second-order valence-corrected chi connectivity index (χ2v) is 11.2. The lowest BCUT2D eigenvalue weighted by atomic mass is 9.83. The van der Waals surface area contributed by atoms with E-state index in [0.717, 1.165) is 35.2 Å². The van der Waals surface area contributed by atoms with E-state index in [1.165, 1.54) is 23.3 Å². The third-order valence-electron chi connectivity index (χ3n) is 8.83. The molecule has 3 aliphatic rings. The van der Waals surface area contributed by atoms with Crippen LogP contribution < -0.4 is 10.1 Å². The summed E-state index contributed by atoms with van der Waals surface area (Å²) in [5.74, 6) is 0.384. The Hall–Kier alpha value is -2.04. The number of halogens is 2. The summed E-state index contributed by atoms with van der Waals surface area (Å²) < 4.78 is 25.7. The molecule has 2 saturated heterocycles. The van der Waals surface area contributed by atoms with Gasteiger partial charge in [0.25, 0.3) is 0 Å². The van der Waals surface area contributed by atoms with E-state index in [0.29, 0.717) is 37.9 Å². The first kappa shape index (κ1) is 27.5. The van der Waals surface area contributed by atoms with Gasteiger partial charge in [-0.05, 0) is 67.8 Å². The molecule has 3 heterocycles. The van der Waals surface area contributed by atoms with Crippen LogP contribution in [0.25, 0.3) is 0 Å². The molecule has 0 bridgehead atoms. The Balaban J connectivity index is 1.24. The lowest BCUT2D eigenvalue weighted by molar-refractivity contribution is -0.973. The monoisotopic (exact) mass is 546 g/mol. The average Bonchev–Trinajstić information content (AvgIpc) is 3.29. The van der Waals surface area contributed by atoms with Crippen molar-refractivity contribution >= 4 is 11.6 Å². The standard InChI is InChI=1S/C29H38ClFN3O4/c1-18-19(2)27(37-14-10-33-11-15-38-29(33)36)7-5-24(18)20(3)34-12-8-22(17-23(34)9-13-34)32-28(35)21-4-6-26(31)25(30)16-21/h4-8,12,16,20,22-23,28-29,32,35-36H,9-11,13-15,17H2,1-3H3/q+1/t20?,22-,23?,28?,29-,34?/m0/s1. The topological polar surface area (TPSA) is 74.2 Å². The Morgan fingerprint density at radius 2 is 2.08 bits per heavy atom. The molecule has 2 aromatic carbocycles. The Bertz CT molecular complexity index is 1200. The molecule has 6 atom stereocenters. The lowest BCUT2D eigenvalue weighted by Crippen LogP contribution is -2.65. The Morgan fingerprint density at radius 1 is 1.26 bits per heavy atom. The highest BCUT2D eigenvalue weighted by Gasteiger charge is 2.52. The van der Waals surface area contributed by atoms with E-state index in [2.05, 4.69) is 50.5 Å². The summed E-state index contributed by atoms with van der Waals surface area (Å²) in [7, 11) is 0. The third-order valence-corrected chi connectivity index (χ3v) is 9.12. The van der Waals surface area contributed by atoms with Crippen LogP contribution in [0.2, 0.25) is 5.02 Å². The zero-order valence-electron chi connectivity index (χ0n) is 22.2. The van der Waals surface area contributed by atoms with Crippen molar-refractivity contribution in [3.63, 3.8) is 0 Å². The third kappa shape index (κ3) is 5.23. The first-order valence-electron chi connectivity index (χ1n) is 13.4. The molecule has 2 aromatic rings. The first-order valence-corrected chi connectivity index (χ1v) is 13.8. The van der Waals surface area contributed by atoms with Gasteiger partial charge in [-0.15, -0.1) is 0 Å². The van der Waals surface area contributed by atoms with Crippen LogP contribution in [-0.4, -0.2) is 70.9 Å². The van der Waals surface area contributed by atoms with Crippen LogP contribution in [-0.2, 0) is 4.74 Å². The van der Waals surface area contributed by atoms with Crippen LogP contribution in [0.5, 0.6) is 5.75 Å². The molecule has 4 unspecified atom stereocenters.